The first kappa shape index (κ1) is 17.4. The Morgan fingerprint density at radius 3 is 2.68 bits per heavy atom. The summed E-state index contributed by atoms with van der Waals surface area (Å²) in [5, 5.41) is 12.8. The molecule has 0 N–H and O–H groups in total. The lowest BCUT2D eigenvalue weighted by Crippen LogP contribution is -2.43. The third kappa shape index (κ3) is 3.73. The van der Waals surface area contributed by atoms with E-state index in [4.69, 9.17) is 9.47 Å². The molecule has 4 rings (SSSR count). The van der Waals surface area contributed by atoms with Gasteiger partial charge in [-0.3, -0.25) is 4.90 Å². The maximum atomic E-state index is 5.98. The molecule has 3 aliphatic rings. The van der Waals surface area contributed by atoms with Crippen LogP contribution in [0.1, 0.15) is 69.8 Å². The van der Waals surface area contributed by atoms with Gasteiger partial charge < -0.3 is 9.47 Å². The van der Waals surface area contributed by atoms with Crippen LogP contribution in [-0.4, -0.2) is 64.6 Å². The molecule has 1 saturated carbocycles. The maximum Gasteiger partial charge on any atom is 0.168 e. The molecule has 7 nitrogen and oxygen atoms in total. The smallest absolute Gasteiger partial charge is 0.168 e. The van der Waals surface area contributed by atoms with Crippen LogP contribution >= 0.6 is 0 Å². The third-order valence-electron chi connectivity index (χ3n) is 6.38. The maximum absolute atomic E-state index is 5.98. The van der Waals surface area contributed by atoms with Crippen molar-refractivity contribution in [3.8, 4) is 0 Å². The molecule has 0 bridgehead atoms. The molecule has 1 aromatic rings. The van der Waals surface area contributed by atoms with E-state index in [1.54, 1.807) is 0 Å². The van der Waals surface area contributed by atoms with Crippen molar-refractivity contribution >= 4 is 0 Å². The minimum atomic E-state index is 0.221. The van der Waals surface area contributed by atoms with Crippen LogP contribution in [0.5, 0.6) is 0 Å². The van der Waals surface area contributed by atoms with Crippen LogP contribution in [0.25, 0.3) is 0 Å². The van der Waals surface area contributed by atoms with Crippen LogP contribution in [0.15, 0.2) is 0 Å². The summed E-state index contributed by atoms with van der Waals surface area (Å²) in [5.41, 5.74) is 0.228. The van der Waals surface area contributed by atoms with Gasteiger partial charge >= 0.3 is 0 Å². The second kappa shape index (κ2) is 7.68. The zero-order chi connectivity index (χ0) is 17.1. The van der Waals surface area contributed by atoms with Crippen LogP contribution < -0.4 is 0 Å². The normalized spacial score (nSPS) is 27.2. The van der Waals surface area contributed by atoms with Gasteiger partial charge in [0.15, 0.2) is 5.82 Å². The van der Waals surface area contributed by atoms with E-state index in [9.17, 15) is 0 Å². The standard InChI is InChI=1S/C18H31N5O2/c1-15(17-19-20-21-23(17)16-5-3-2-4-6-16)22-9-12-25-14-18(13-22)7-10-24-11-8-18/h15-16H,2-14H2,1H3. The van der Waals surface area contributed by atoms with E-state index in [1.165, 1.54) is 32.1 Å². The quantitative estimate of drug-likeness (QED) is 0.835. The SMILES string of the molecule is CC(c1nnnn1C1CCCCC1)N1CCOCC2(CCOCC2)C1. The van der Waals surface area contributed by atoms with Crippen LogP contribution in [0.4, 0.5) is 0 Å². The van der Waals surface area contributed by atoms with E-state index in [2.05, 4.69) is 32.0 Å². The Bertz CT molecular complexity index is 551. The molecule has 1 spiro atoms. The second-order valence-electron chi connectivity index (χ2n) is 8.08. The predicted octanol–water partition coefficient (Wildman–Crippen LogP) is 2.37. The summed E-state index contributed by atoms with van der Waals surface area (Å²) in [6.07, 6.45) is 8.51. The highest BCUT2D eigenvalue weighted by Crippen LogP contribution is 2.36. The molecule has 1 aliphatic carbocycles. The molecule has 2 saturated heterocycles. The highest BCUT2D eigenvalue weighted by Gasteiger charge is 2.39. The average molecular weight is 349 g/mol. The minimum absolute atomic E-state index is 0.221. The van der Waals surface area contributed by atoms with Crippen molar-refractivity contribution in [3.63, 3.8) is 0 Å². The summed E-state index contributed by atoms with van der Waals surface area (Å²) in [7, 11) is 0. The van der Waals surface area contributed by atoms with E-state index in [0.29, 0.717) is 6.04 Å². The van der Waals surface area contributed by atoms with Crippen molar-refractivity contribution in [2.75, 3.05) is 39.5 Å². The van der Waals surface area contributed by atoms with Gasteiger partial charge in [-0.25, -0.2) is 4.68 Å². The predicted molar refractivity (Wildman–Crippen MR) is 93.2 cm³/mol. The summed E-state index contributed by atoms with van der Waals surface area (Å²) >= 11 is 0. The fourth-order valence-electron chi connectivity index (χ4n) is 4.69. The minimum Gasteiger partial charge on any atom is -0.381 e. The summed E-state index contributed by atoms with van der Waals surface area (Å²) in [6.45, 7) is 7.60. The number of hydrogen-bond donors (Lipinski definition) is 0. The number of aromatic nitrogens is 4. The summed E-state index contributed by atoms with van der Waals surface area (Å²) in [5.74, 6) is 1.02. The van der Waals surface area contributed by atoms with Gasteiger partial charge in [-0.05, 0) is 43.0 Å². The molecule has 1 atom stereocenters. The van der Waals surface area contributed by atoms with Crippen molar-refractivity contribution < 1.29 is 9.47 Å². The van der Waals surface area contributed by atoms with Gasteiger partial charge in [0, 0.05) is 31.7 Å². The van der Waals surface area contributed by atoms with Crippen molar-refractivity contribution in [2.45, 2.75) is 64.0 Å². The highest BCUT2D eigenvalue weighted by molar-refractivity contribution is 4.97. The van der Waals surface area contributed by atoms with Crippen LogP contribution in [0.3, 0.4) is 0 Å². The van der Waals surface area contributed by atoms with Gasteiger partial charge in [-0.15, -0.1) is 5.10 Å². The van der Waals surface area contributed by atoms with Crippen LogP contribution in [-0.2, 0) is 9.47 Å². The van der Waals surface area contributed by atoms with Gasteiger partial charge in [0.1, 0.15) is 0 Å². The summed E-state index contributed by atoms with van der Waals surface area (Å²) in [6, 6.07) is 0.694. The lowest BCUT2D eigenvalue weighted by atomic mass is 9.80. The average Bonchev–Trinajstić information content (AvgIpc) is 3.06. The number of nitrogens with zero attached hydrogens (tertiary/aromatic N) is 5. The van der Waals surface area contributed by atoms with E-state index < -0.39 is 0 Å². The molecule has 1 unspecified atom stereocenters. The number of hydrogen-bond acceptors (Lipinski definition) is 6. The summed E-state index contributed by atoms with van der Waals surface area (Å²) < 4.78 is 13.7. The molecule has 7 heteroatoms. The number of rotatable bonds is 3. The van der Waals surface area contributed by atoms with Gasteiger partial charge in [-0.2, -0.15) is 0 Å². The molecule has 0 amide bonds. The number of tetrazole rings is 1. The van der Waals surface area contributed by atoms with E-state index in [0.717, 1.165) is 58.2 Å². The topological polar surface area (TPSA) is 65.3 Å². The first-order chi connectivity index (χ1) is 12.3. The number of ether oxygens (including phenoxy) is 2. The van der Waals surface area contributed by atoms with Crippen molar-refractivity contribution in [1.29, 1.82) is 0 Å². The molecule has 3 fully saturated rings. The van der Waals surface area contributed by atoms with E-state index >= 15 is 0 Å². The fraction of sp³-hybridized carbons (Fsp3) is 0.944. The molecule has 2 aliphatic heterocycles. The lowest BCUT2D eigenvalue weighted by Gasteiger charge is -2.40. The summed E-state index contributed by atoms with van der Waals surface area (Å²) in [4.78, 5) is 2.53. The van der Waals surface area contributed by atoms with Crippen LogP contribution in [0, 0.1) is 5.41 Å². The first-order valence-corrected chi connectivity index (χ1v) is 9.95. The Morgan fingerprint density at radius 2 is 1.88 bits per heavy atom. The monoisotopic (exact) mass is 349 g/mol. The fourth-order valence-corrected chi connectivity index (χ4v) is 4.69. The van der Waals surface area contributed by atoms with Gasteiger partial charge in [0.05, 0.1) is 25.3 Å². The van der Waals surface area contributed by atoms with E-state index in [1.807, 2.05) is 0 Å². The largest absolute Gasteiger partial charge is 0.381 e. The Labute approximate surface area is 150 Å². The molecular weight excluding hydrogens is 318 g/mol. The molecule has 3 heterocycles. The van der Waals surface area contributed by atoms with Crippen molar-refractivity contribution in [2.24, 2.45) is 5.41 Å². The zero-order valence-corrected chi connectivity index (χ0v) is 15.4. The first-order valence-electron chi connectivity index (χ1n) is 9.95. The van der Waals surface area contributed by atoms with Crippen LogP contribution in [0.2, 0.25) is 0 Å². The van der Waals surface area contributed by atoms with Crippen molar-refractivity contribution in [3.05, 3.63) is 5.82 Å². The van der Waals surface area contributed by atoms with Crippen molar-refractivity contribution in [1.82, 2.24) is 25.1 Å². The lowest BCUT2D eigenvalue weighted by molar-refractivity contribution is -0.0341. The molecule has 140 valence electrons. The molecule has 0 aromatic carbocycles. The Hall–Kier alpha value is -1.05. The van der Waals surface area contributed by atoms with Gasteiger partial charge in [-0.1, -0.05) is 19.3 Å². The Balaban J connectivity index is 1.51. The second-order valence-corrected chi connectivity index (χ2v) is 8.08. The van der Waals surface area contributed by atoms with Gasteiger partial charge in [0.25, 0.3) is 0 Å². The third-order valence-corrected chi connectivity index (χ3v) is 6.38. The molecular formula is C18H31N5O2. The highest BCUT2D eigenvalue weighted by atomic mass is 16.5. The zero-order valence-electron chi connectivity index (χ0n) is 15.4. The molecule has 25 heavy (non-hydrogen) atoms. The Morgan fingerprint density at radius 1 is 1.08 bits per heavy atom. The molecule has 1 aromatic heterocycles. The Kier molecular flexibility index (Phi) is 5.33. The van der Waals surface area contributed by atoms with Gasteiger partial charge in [0.2, 0.25) is 0 Å². The molecule has 0 radical (unpaired) electrons. The van der Waals surface area contributed by atoms with E-state index in [-0.39, 0.29) is 11.5 Å².